The van der Waals surface area contributed by atoms with Crippen molar-refractivity contribution in [3.05, 3.63) is 71.0 Å². The van der Waals surface area contributed by atoms with Crippen molar-refractivity contribution in [2.75, 3.05) is 35.5 Å². The van der Waals surface area contributed by atoms with Crippen molar-refractivity contribution in [2.45, 2.75) is 0 Å². The second-order valence-electron chi connectivity index (χ2n) is 7.48. The zero-order valence-electron chi connectivity index (χ0n) is 20.4. The predicted molar refractivity (Wildman–Crippen MR) is 130 cm³/mol. The minimum absolute atomic E-state index is 0.0823. The van der Waals surface area contributed by atoms with Crippen molar-refractivity contribution >= 4 is 17.8 Å². The van der Waals surface area contributed by atoms with Gasteiger partial charge in [-0.15, -0.1) is 0 Å². The van der Waals surface area contributed by atoms with E-state index in [1.54, 1.807) is 36.4 Å². The largest absolute Gasteiger partial charge is 0.493 e. The minimum Gasteiger partial charge on any atom is -0.493 e. The van der Waals surface area contributed by atoms with Gasteiger partial charge in [0.25, 0.3) is 0 Å². The Labute approximate surface area is 207 Å². The van der Waals surface area contributed by atoms with E-state index >= 15 is 0 Å². The number of hydrogen-bond donors (Lipinski definition) is 0. The van der Waals surface area contributed by atoms with Gasteiger partial charge in [-0.1, -0.05) is 0 Å². The molecular weight excluding hydrogens is 468 g/mol. The van der Waals surface area contributed by atoms with Gasteiger partial charge >= 0.3 is 5.97 Å². The van der Waals surface area contributed by atoms with Crippen molar-refractivity contribution in [2.24, 2.45) is 0 Å². The Kier molecular flexibility index (Phi) is 7.00. The molecule has 0 atom stereocenters. The summed E-state index contributed by atoms with van der Waals surface area (Å²) in [5, 5.41) is 0. The van der Waals surface area contributed by atoms with Crippen LogP contribution in [0.3, 0.4) is 0 Å². The number of carbonyl (C=O) groups is 2. The summed E-state index contributed by atoms with van der Waals surface area (Å²) in [4.78, 5) is 25.6. The molecular formula is C27H24O9. The van der Waals surface area contributed by atoms with Crippen LogP contribution in [-0.2, 0) is 0 Å². The summed E-state index contributed by atoms with van der Waals surface area (Å²) in [6.45, 7) is 0. The molecule has 0 fully saturated rings. The third kappa shape index (κ3) is 4.50. The number of rotatable bonds is 8. The molecule has 3 aromatic carbocycles. The topological polar surface area (TPSA) is 98.8 Å². The van der Waals surface area contributed by atoms with Gasteiger partial charge in [-0.05, 0) is 48.5 Å². The van der Waals surface area contributed by atoms with Crippen LogP contribution in [-0.4, -0.2) is 47.3 Å². The van der Waals surface area contributed by atoms with Crippen LogP contribution in [0.1, 0.15) is 26.3 Å². The van der Waals surface area contributed by atoms with E-state index in [2.05, 4.69) is 0 Å². The van der Waals surface area contributed by atoms with Crippen LogP contribution in [0.2, 0.25) is 0 Å². The first kappa shape index (κ1) is 24.5. The number of ketones is 1. The fourth-order valence-corrected chi connectivity index (χ4v) is 3.74. The van der Waals surface area contributed by atoms with Crippen LogP contribution < -0.4 is 33.2 Å². The molecule has 36 heavy (non-hydrogen) atoms. The summed E-state index contributed by atoms with van der Waals surface area (Å²) >= 11 is 0. The Morgan fingerprint density at radius 3 is 2.11 bits per heavy atom. The summed E-state index contributed by atoms with van der Waals surface area (Å²) < 4.78 is 37.9. The molecule has 9 nitrogen and oxygen atoms in total. The standard InChI is InChI=1S/C27H24O9/c1-30-19-10-7-16(13-22(19)32-3)27(29)35-17-8-9-18-21(14-17)36-23(24(18)28)12-15-6-11-20(31-2)26(34-5)25(15)33-4/h6-14H,1-5H3. The highest BCUT2D eigenvalue weighted by Crippen LogP contribution is 2.42. The Bertz CT molecular complexity index is 1360. The maximum absolute atomic E-state index is 12.9. The van der Waals surface area contributed by atoms with E-state index in [1.807, 2.05) is 0 Å². The lowest BCUT2D eigenvalue weighted by Crippen LogP contribution is -2.09. The lowest BCUT2D eigenvalue weighted by Gasteiger charge is -2.14. The highest BCUT2D eigenvalue weighted by Gasteiger charge is 2.29. The third-order valence-electron chi connectivity index (χ3n) is 5.49. The van der Waals surface area contributed by atoms with Crippen molar-refractivity contribution < 1.29 is 42.7 Å². The number of benzene rings is 3. The van der Waals surface area contributed by atoms with E-state index in [-0.39, 0.29) is 28.6 Å². The summed E-state index contributed by atoms with van der Waals surface area (Å²) in [5.41, 5.74) is 1.17. The molecule has 0 radical (unpaired) electrons. The fourth-order valence-electron chi connectivity index (χ4n) is 3.74. The first-order valence-electron chi connectivity index (χ1n) is 10.8. The van der Waals surface area contributed by atoms with E-state index in [0.29, 0.717) is 39.9 Å². The van der Waals surface area contributed by atoms with E-state index in [4.69, 9.17) is 33.2 Å². The van der Waals surface area contributed by atoms with Crippen molar-refractivity contribution in [3.8, 4) is 40.2 Å². The second-order valence-corrected chi connectivity index (χ2v) is 7.48. The first-order valence-corrected chi connectivity index (χ1v) is 10.8. The monoisotopic (exact) mass is 492 g/mol. The molecule has 0 N–H and O–H groups in total. The number of fused-ring (bicyclic) bond motifs is 1. The molecule has 9 heteroatoms. The second kappa shape index (κ2) is 10.3. The van der Waals surface area contributed by atoms with Crippen molar-refractivity contribution in [1.29, 1.82) is 0 Å². The van der Waals surface area contributed by atoms with Crippen LogP contribution in [0.4, 0.5) is 0 Å². The number of esters is 1. The van der Waals surface area contributed by atoms with Gasteiger partial charge in [0.15, 0.2) is 28.8 Å². The SMILES string of the molecule is COc1ccc(C(=O)Oc2ccc3c(c2)OC(=Cc2ccc(OC)c(OC)c2OC)C3=O)cc1OC. The molecule has 1 aliphatic heterocycles. The smallest absolute Gasteiger partial charge is 0.343 e. The van der Waals surface area contributed by atoms with Crippen molar-refractivity contribution in [1.82, 2.24) is 0 Å². The van der Waals surface area contributed by atoms with Crippen LogP contribution in [0.25, 0.3) is 6.08 Å². The van der Waals surface area contributed by atoms with E-state index in [1.165, 1.54) is 53.7 Å². The van der Waals surface area contributed by atoms with Gasteiger partial charge in [0.05, 0.1) is 46.7 Å². The molecule has 0 aromatic heterocycles. The molecule has 1 heterocycles. The average molecular weight is 492 g/mol. The number of carbonyl (C=O) groups excluding carboxylic acids is 2. The highest BCUT2D eigenvalue weighted by molar-refractivity contribution is 6.14. The zero-order chi connectivity index (χ0) is 25.8. The van der Waals surface area contributed by atoms with Gasteiger partial charge in [0.2, 0.25) is 11.5 Å². The van der Waals surface area contributed by atoms with Gasteiger partial charge < -0.3 is 33.2 Å². The lowest BCUT2D eigenvalue weighted by atomic mass is 10.1. The Morgan fingerprint density at radius 1 is 0.750 bits per heavy atom. The molecule has 0 unspecified atom stereocenters. The molecule has 0 aliphatic carbocycles. The molecule has 0 saturated carbocycles. The van der Waals surface area contributed by atoms with Crippen LogP contribution >= 0.6 is 0 Å². The van der Waals surface area contributed by atoms with E-state index in [9.17, 15) is 9.59 Å². The normalized spacial score (nSPS) is 13.0. The number of methoxy groups -OCH3 is 5. The first-order chi connectivity index (χ1) is 17.4. The van der Waals surface area contributed by atoms with Crippen molar-refractivity contribution in [3.63, 3.8) is 0 Å². The van der Waals surface area contributed by atoms with Crippen LogP contribution in [0.5, 0.6) is 40.2 Å². The molecule has 0 saturated heterocycles. The molecule has 0 amide bonds. The summed E-state index contributed by atoms with van der Waals surface area (Å²) in [6.07, 6.45) is 1.55. The van der Waals surface area contributed by atoms with Gasteiger partial charge in [0.1, 0.15) is 11.5 Å². The Hall–Kier alpha value is -4.66. The van der Waals surface area contributed by atoms with Gasteiger partial charge in [0, 0.05) is 11.6 Å². The molecule has 1 aliphatic rings. The summed E-state index contributed by atoms with van der Waals surface area (Å²) in [7, 11) is 7.49. The van der Waals surface area contributed by atoms with E-state index < -0.39 is 5.97 Å². The number of Topliss-reactive ketones (excluding diaryl/α,β-unsaturated/α-hetero) is 1. The predicted octanol–water partition coefficient (Wildman–Crippen LogP) is 4.57. The maximum Gasteiger partial charge on any atom is 0.343 e. The number of ether oxygens (including phenoxy) is 7. The summed E-state index contributed by atoms with van der Waals surface area (Å²) in [5.74, 6) is 1.79. The van der Waals surface area contributed by atoms with Gasteiger partial charge in [-0.25, -0.2) is 4.79 Å². The molecule has 0 bridgehead atoms. The Balaban J connectivity index is 1.58. The minimum atomic E-state index is -0.606. The summed E-state index contributed by atoms with van der Waals surface area (Å²) in [6, 6.07) is 12.7. The quantitative estimate of drug-likeness (QED) is 0.254. The highest BCUT2D eigenvalue weighted by atomic mass is 16.5. The van der Waals surface area contributed by atoms with Gasteiger partial charge in [-0.3, -0.25) is 4.79 Å². The number of hydrogen-bond acceptors (Lipinski definition) is 9. The van der Waals surface area contributed by atoms with Crippen LogP contribution in [0, 0.1) is 0 Å². The lowest BCUT2D eigenvalue weighted by molar-refractivity contribution is 0.0734. The molecule has 186 valence electrons. The maximum atomic E-state index is 12.9. The fraction of sp³-hybridized carbons (Fsp3) is 0.185. The molecule has 0 spiro atoms. The van der Waals surface area contributed by atoms with E-state index in [0.717, 1.165) is 0 Å². The molecule has 4 rings (SSSR count). The number of allylic oxidation sites excluding steroid dienone is 1. The average Bonchev–Trinajstić information content (AvgIpc) is 3.21. The Morgan fingerprint density at radius 2 is 1.44 bits per heavy atom. The zero-order valence-corrected chi connectivity index (χ0v) is 20.4. The molecule has 3 aromatic rings. The van der Waals surface area contributed by atoms with Crippen LogP contribution in [0.15, 0.2) is 54.3 Å². The third-order valence-corrected chi connectivity index (χ3v) is 5.49. The van der Waals surface area contributed by atoms with Gasteiger partial charge in [-0.2, -0.15) is 0 Å².